The van der Waals surface area contributed by atoms with Crippen molar-refractivity contribution in [2.45, 2.75) is 39.3 Å². The summed E-state index contributed by atoms with van der Waals surface area (Å²) in [4.78, 5) is 10.9. The molecule has 0 fully saturated rings. The highest BCUT2D eigenvalue weighted by Gasteiger charge is 2.07. The van der Waals surface area contributed by atoms with Gasteiger partial charge in [-0.1, -0.05) is 36.8 Å². The topological polar surface area (TPSA) is 55.0 Å². The van der Waals surface area contributed by atoms with Gasteiger partial charge in [0.15, 0.2) is 0 Å². The largest absolute Gasteiger partial charge is 0.340 e. The second-order valence-electron chi connectivity index (χ2n) is 5.61. The second kappa shape index (κ2) is 7.18. The van der Waals surface area contributed by atoms with Gasteiger partial charge in [-0.2, -0.15) is 0 Å². The van der Waals surface area contributed by atoms with E-state index in [2.05, 4.69) is 53.0 Å². The standard InChI is InChI=1S/C17H24N4/c1-4-16(18)9-15-10-19-17(20-11-15)21(3)12-14-7-5-6-13(2)8-14/h5-8,10-11,16H,4,9,12,18H2,1-3H3. The summed E-state index contributed by atoms with van der Waals surface area (Å²) >= 11 is 0. The molecule has 112 valence electrons. The summed E-state index contributed by atoms with van der Waals surface area (Å²) in [5.74, 6) is 0.741. The minimum absolute atomic E-state index is 0.185. The number of anilines is 1. The number of benzene rings is 1. The monoisotopic (exact) mass is 284 g/mol. The molecule has 1 atom stereocenters. The van der Waals surface area contributed by atoms with E-state index < -0.39 is 0 Å². The summed E-state index contributed by atoms with van der Waals surface area (Å²) in [5, 5.41) is 0. The van der Waals surface area contributed by atoms with Crippen LogP contribution in [0.3, 0.4) is 0 Å². The van der Waals surface area contributed by atoms with Crippen LogP contribution in [-0.4, -0.2) is 23.1 Å². The van der Waals surface area contributed by atoms with E-state index in [1.54, 1.807) is 0 Å². The zero-order chi connectivity index (χ0) is 15.2. The minimum atomic E-state index is 0.185. The first-order valence-corrected chi connectivity index (χ1v) is 7.41. The van der Waals surface area contributed by atoms with E-state index in [-0.39, 0.29) is 6.04 Å². The van der Waals surface area contributed by atoms with Gasteiger partial charge in [0.25, 0.3) is 0 Å². The van der Waals surface area contributed by atoms with Gasteiger partial charge in [0.2, 0.25) is 5.95 Å². The Hall–Kier alpha value is -1.94. The minimum Gasteiger partial charge on any atom is -0.340 e. The Labute approximate surface area is 127 Å². The van der Waals surface area contributed by atoms with E-state index in [1.807, 2.05) is 19.4 Å². The third-order valence-electron chi connectivity index (χ3n) is 3.56. The quantitative estimate of drug-likeness (QED) is 0.886. The normalized spacial score (nSPS) is 12.2. The lowest BCUT2D eigenvalue weighted by Crippen LogP contribution is -2.22. The molecule has 0 aliphatic heterocycles. The van der Waals surface area contributed by atoms with Crippen molar-refractivity contribution in [1.29, 1.82) is 0 Å². The molecule has 1 heterocycles. The van der Waals surface area contributed by atoms with Crippen molar-refractivity contribution in [2.24, 2.45) is 5.73 Å². The molecule has 0 saturated carbocycles. The van der Waals surface area contributed by atoms with Crippen LogP contribution in [0.2, 0.25) is 0 Å². The molecule has 0 saturated heterocycles. The van der Waals surface area contributed by atoms with Crippen LogP contribution >= 0.6 is 0 Å². The predicted octanol–water partition coefficient (Wildman–Crippen LogP) is 2.70. The predicted molar refractivity (Wildman–Crippen MR) is 87.3 cm³/mol. The number of aromatic nitrogens is 2. The zero-order valence-electron chi connectivity index (χ0n) is 13.1. The Morgan fingerprint density at radius 2 is 1.90 bits per heavy atom. The van der Waals surface area contributed by atoms with Crippen LogP contribution < -0.4 is 10.6 Å². The Morgan fingerprint density at radius 3 is 2.52 bits per heavy atom. The number of nitrogens with zero attached hydrogens (tertiary/aromatic N) is 3. The highest BCUT2D eigenvalue weighted by Crippen LogP contribution is 2.12. The van der Waals surface area contributed by atoms with Gasteiger partial charge in [0, 0.05) is 32.0 Å². The average molecular weight is 284 g/mol. The molecule has 4 heteroatoms. The molecule has 0 aliphatic carbocycles. The lowest BCUT2D eigenvalue weighted by Gasteiger charge is -2.17. The zero-order valence-corrected chi connectivity index (χ0v) is 13.1. The molecule has 2 N–H and O–H groups in total. The Kier molecular flexibility index (Phi) is 5.28. The van der Waals surface area contributed by atoms with Crippen LogP contribution in [0.1, 0.15) is 30.0 Å². The summed E-state index contributed by atoms with van der Waals surface area (Å²) in [6, 6.07) is 8.67. The summed E-state index contributed by atoms with van der Waals surface area (Å²) in [5.41, 5.74) is 9.58. The molecule has 4 nitrogen and oxygen atoms in total. The molecule has 0 amide bonds. The van der Waals surface area contributed by atoms with Gasteiger partial charge in [0.05, 0.1) is 0 Å². The van der Waals surface area contributed by atoms with Crippen molar-refractivity contribution in [2.75, 3.05) is 11.9 Å². The van der Waals surface area contributed by atoms with Crippen LogP contribution in [0.4, 0.5) is 5.95 Å². The van der Waals surface area contributed by atoms with E-state index in [4.69, 9.17) is 5.73 Å². The summed E-state index contributed by atoms with van der Waals surface area (Å²) in [6.07, 6.45) is 5.56. The van der Waals surface area contributed by atoms with Crippen LogP contribution in [0, 0.1) is 6.92 Å². The highest BCUT2D eigenvalue weighted by atomic mass is 15.2. The molecule has 1 aromatic heterocycles. The molecule has 1 aromatic carbocycles. The van der Waals surface area contributed by atoms with Crippen molar-refractivity contribution < 1.29 is 0 Å². The smallest absolute Gasteiger partial charge is 0.225 e. The first-order chi connectivity index (χ1) is 10.1. The van der Waals surface area contributed by atoms with E-state index >= 15 is 0 Å². The van der Waals surface area contributed by atoms with Crippen LogP contribution in [0.15, 0.2) is 36.7 Å². The maximum atomic E-state index is 5.95. The van der Waals surface area contributed by atoms with E-state index in [0.717, 1.165) is 30.9 Å². The van der Waals surface area contributed by atoms with Gasteiger partial charge in [-0.15, -0.1) is 0 Å². The summed E-state index contributed by atoms with van der Waals surface area (Å²) in [6.45, 7) is 5.00. The molecule has 1 unspecified atom stereocenters. The maximum absolute atomic E-state index is 5.95. The third kappa shape index (κ3) is 4.53. The number of hydrogen-bond donors (Lipinski definition) is 1. The lowest BCUT2D eigenvalue weighted by atomic mass is 10.1. The number of hydrogen-bond acceptors (Lipinski definition) is 4. The van der Waals surface area contributed by atoms with Gasteiger partial charge in [-0.3, -0.25) is 0 Å². The van der Waals surface area contributed by atoms with Crippen LogP contribution in [-0.2, 0) is 13.0 Å². The second-order valence-corrected chi connectivity index (χ2v) is 5.61. The average Bonchev–Trinajstić information content (AvgIpc) is 2.47. The van der Waals surface area contributed by atoms with Crippen molar-refractivity contribution in [3.05, 3.63) is 53.3 Å². The molecule has 2 aromatic rings. The lowest BCUT2D eigenvalue weighted by molar-refractivity contribution is 0.643. The summed E-state index contributed by atoms with van der Waals surface area (Å²) in [7, 11) is 2.01. The van der Waals surface area contributed by atoms with Crippen LogP contribution in [0.25, 0.3) is 0 Å². The first kappa shape index (κ1) is 15.4. The SMILES string of the molecule is CCC(N)Cc1cnc(N(C)Cc2cccc(C)c2)nc1. The number of aryl methyl sites for hydroxylation is 1. The van der Waals surface area contributed by atoms with E-state index in [9.17, 15) is 0 Å². The Morgan fingerprint density at radius 1 is 1.19 bits per heavy atom. The van der Waals surface area contributed by atoms with E-state index in [1.165, 1.54) is 11.1 Å². The maximum Gasteiger partial charge on any atom is 0.225 e. The molecule has 0 bridgehead atoms. The van der Waals surface area contributed by atoms with Gasteiger partial charge in [-0.25, -0.2) is 9.97 Å². The van der Waals surface area contributed by atoms with Crippen molar-refractivity contribution in [3.63, 3.8) is 0 Å². The fraction of sp³-hybridized carbons (Fsp3) is 0.412. The van der Waals surface area contributed by atoms with Crippen molar-refractivity contribution in [1.82, 2.24) is 9.97 Å². The van der Waals surface area contributed by atoms with Crippen LogP contribution in [0.5, 0.6) is 0 Å². The number of rotatable bonds is 6. The first-order valence-electron chi connectivity index (χ1n) is 7.41. The summed E-state index contributed by atoms with van der Waals surface area (Å²) < 4.78 is 0. The molecule has 2 rings (SSSR count). The number of nitrogens with two attached hydrogens (primary N) is 1. The highest BCUT2D eigenvalue weighted by molar-refractivity contribution is 5.32. The molecule has 21 heavy (non-hydrogen) atoms. The molecule has 0 spiro atoms. The van der Waals surface area contributed by atoms with Crippen molar-refractivity contribution in [3.8, 4) is 0 Å². The van der Waals surface area contributed by atoms with Gasteiger partial charge in [0.1, 0.15) is 0 Å². The van der Waals surface area contributed by atoms with Gasteiger partial charge >= 0.3 is 0 Å². The Balaban J connectivity index is 2.01. The fourth-order valence-electron chi connectivity index (χ4n) is 2.25. The van der Waals surface area contributed by atoms with Gasteiger partial charge < -0.3 is 10.6 Å². The van der Waals surface area contributed by atoms with Crippen molar-refractivity contribution >= 4 is 5.95 Å². The van der Waals surface area contributed by atoms with E-state index in [0.29, 0.717) is 0 Å². The third-order valence-corrected chi connectivity index (χ3v) is 3.56. The molecule has 0 radical (unpaired) electrons. The Bertz CT molecular complexity index is 565. The molecular formula is C17H24N4. The molecular weight excluding hydrogens is 260 g/mol. The fourth-order valence-corrected chi connectivity index (χ4v) is 2.25. The van der Waals surface area contributed by atoms with Gasteiger partial charge in [-0.05, 0) is 30.9 Å². The molecule has 0 aliphatic rings.